The monoisotopic (exact) mass is 482 g/mol. The molecule has 6 heteroatoms. The van der Waals surface area contributed by atoms with E-state index in [0.29, 0.717) is 16.9 Å². The quantitative estimate of drug-likeness (QED) is 0.208. The Morgan fingerprint density at radius 2 is 0.917 bits per heavy atom. The predicted octanol–water partition coefficient (Wildman–Crippen LogP) is 6.47. The third-order valence-electron chi connectivity index (χ3n) is 5.01. The fourth-order valence-electron chi connectivity index (χ4n) is 3.02. The first-order valence-corrected chi connectivity index (χ1v) is 11.0. The summed E-state index contributed by atoms with van der Waals surface area (Å²) in [6, 6.07) is 19.5. The molecule has 0 aliphatic carbocycles. The normalized spacial score (nSPS) is 10.2. The van der Waals surface area contributed by atoms with Crippen LogP contribution in [0, 0.1) is 0 Å². The van der Waals surface area contributed by atoms with Gasteiger partial charge in [-0.25, -0.2) is 14.4 Å². The molecule has 36 heavy (non-hydrogen) atoms. The van der Waals surface area contributed by atoms with Gasteiger partial charge in [0.05, 0.1) is 0 Å². The van der Waals surface area contributed by atoms with E-state index in [1.165, 1.54) is 6.07 Å². The van der Waals surface area contributed by atoms with Crippen LogP contribution in [-0.4, -0.2) is 17.9 Å². The van der Waals surface area contributed by atoms with Gasteiger partial charge in [-0.2, -0.15) is 0 Å². The second kappa shape index (κ2) is 11.1. The van der Waals surface area contributed by atoms with Gasteiger partial charge in [0.2, 0.25) is 0 Å². The minimum atomic E-state index is -0.594. The Morgan fingerprint density at radius 3 is 1.42 bits per heavy atom. The maximum Gasteiger partial charge on any atom is 0.338 e. The first-order chi connectivity index (χ1) is 17.0. The molecule has 0 N–H and O–H groups in total. The summed E-state index contributed by atoms with van der Waals surface area (Å²) in [5.74, 6) is -0.768. The first-order valence-electron chi connectivity index (χ1n) is 11.0. The zero-order valence-corrected chi connectivity index (χ0v) is 20.4. The van der Waals surface area contributed by atoms with Crippen LogP contribution in [-0.2, 0) is 14.4 Å². The molecule has 0 atom stereocenters. The highest BCUT2D eigenvalue weighted by atomic mass is 16.5. The van der Waals surface area contributed by atoms with Crippen LogP contribution in [0.4, 0.5) is 0 Å². The lowest BCUT2D eigenvalue weighted by Gasteiger charge is -2.13. The van der Waals surface area contributed by atoms with Crippen molar-refractivity contribution in [1.82, 2.24) is 0 Å². The SMILES string of the molecule is C=C(C)C(=O)Oc1ccc(-c2ccc(-c3ccc(OC(=O)C(=C)C)cc3OC(=O)C(=C)C)cc2)cc1. The summed E-state index contributed by atoms with van der Waals surface area (Å²) in [5, 5.41) is 0. The van der Waals surface area contributed by atoms with Crippen LogP contribution < -0.4 is 14.2 Å². The lowest BCUT2D eigenvalue weighted by Crippen LogP contribution is -2.11. The average molecular weight is 483 g/mol. The standard InChI is InChI=1S/C30H26O6/c1-18(2)28(31)34-24-13-11-22(12-14-24)21-7-9-23(10-8-21)26-16-15-25(35-29(32)19(3)4)17-27(26)36-30(33)20(5)6/h7-17H,1,3,5H2,2,4,6H3. The first kappa shape index (κ1) is 25.9. The van der Waals surface area contributed by atoms with Crippen LogP contribution in [0.2, 0.25) is 0 Å². The molecule has 0 aromatic heterocycles. The molecule has 0 aliphatic rings. The van der Waals surface area contributed by atoms with Gasteiger partial charge in [0.15, 0.2) is 0 Å². The Labute approximate surface area is 210 Å². The summed E-state index contributed by atoms with van der Waals surface area (Å²) in [7, 11) is 0. The minimum absolute atomic E-state index is 0.223. The van der Waals surface area contributed by atoms with E-state index in [1.54, 1.807) is 45.0 Å². The van der Waals surface area contributed by atoms with Crippen LogP contribution in [0.5, 0.6) is 17.2 Å². The van der Waals surface area contributed by atoms with Gasteiger partial charge in [-0.15, -0.1) is 0 Å². The molecule has 3 aromatic rings. The maximum absolute atomic E-state index is 12.2. The molecule has 0 heterocycles. The third kappa shape index (κ3) is 6.45. The van der Waals surface area contributed by atoms with Crippen LogP contribution in [0.1, 0.15) is 20.8 Å². The van der Waals surface area contributed by atoms with E-state index in [1.807, 2.05) is 36.4 Å². The predicted molar refractivity (Wildman–Crippen MR) is 139 cm³/mol. The number of esters is 3. The third-order valence-corrected chi connectivity index (χ3v) is 5.01. The fraction of sp³-hybridized carbons (Fsp3) is 0.100. The number of hydrogen-bond donors (Lipinski definition) is 0. The maximum atomic E-state index is 12.2. The molecule has 6 nitrogen and oxygen atoms in total. The zero-order chi connectivity index (χ0) is 26.4. The molecule has 0 bridgehead atoms. The fourth-order valence-corrected chi connectivity index (χ4v) is 3.02. The summed E-state index contributed by atoms with van der Waals surface area (Å²) in [6.45, 7) is 15.4. The highest BCUT2D eigenvalue weighted by Gasteiger charge is 2.15. The zero-order valence-electron chi connectivity index (χ0n) is 20.4. The summed E-state index contributed by atoms with van der Waals surface area (Å²) in [4.78, 5) is 35.8. The molecule has 3 rings (SSSR count). The lowest BCUT2D eigenvalue weighted by atomic mass is 9.99. The van der Waals surface area contributed by atoms with Gasteiger partial charge < -0.3 is 14.2 Å². The van der Waals surface area contributed by atoms with Gasteiger partial charge in [-0.1, -0.05) is 56.1 Å². The van der Waals surface area contributed by atoms with Crippen molar-refractivity contribution in [3.8, 4) is 39.5 Å². The number of carbonyl (C=O) groups excluding carboxylic acids is 3. The van der Waals surface area contributed by atoms with Crippen LogP contribution in [0.25, 0.3) is 22.3 Å². The number of benzene rings is 3. The molecule has 182 valence electrons. The molecular formula is C30H26O6. The van der Waals surface area contributed by atoms with Crippen molar-refractivity contribution in [2.24, 2.45) is 0 Å². The van der Waals surface area contributed by atoms with Crippen molar-refractivity contribution in [1.29, 1.82) is 0 Å². The smallest absolute Gasteiger partial charge is 0.338 e. The highest BCUT2D eigenvalue weighted by Crippen LogP contribution is 2.35. The highest BCUT2D eigenvalue weighted by molar-refractivity contribution is 5.91. The van der Waals surface area contributed by atoms with E-state index in [0.717, 1.165) is 16.7 Å². The number of hydrogen-bond acceptors (Lipinski definition) is 6. The van der Waals surface area contributed by atoms with Gasteiger partial charge in [0.1, 0.15) is 17.2 Å². The molecule has 0 aliphatic heterocycles. The van der Waals surface area contributed by atoms with Crippen molar-refractivity contribution < 1.29 is 28.6 Å². The number of ether oxygens (including phenoxy) is 3. The molecule has 0 amide bonds. The van der Waals surface area contributed by atoms with E-state index < -0.39 is 17.9 Å². The van der Waals surface area contributed by atoms with Gasteiger partial charge in [-0.3, -0.25) is 0 Å². The molecular weight excluding hydrogens is 456 g/mol. The number of carbonyl (C=O) groups is 3. The second-order valence-corrected chi connectivity index (χ2v) is 8.27. The van der Waals surface area contributed by atoms with Gasteiger partial charge in [-0.05, 0) is 61.7 Å². The van der Waals surface area contributed by atoms with Gasteiger partial charge >= 0.3 is 17.9 Å². The summed E-state index contributed by atoms with van der Waals surface area (Å²) in [5.41, 5.74) is 4.08. The van der Waals surface area contributed by atoms with Crippen molar-refractivity contribution in [3.63, 3.8) is 0 Å². The Balaban J connectivity index is 1.88. The molecule has 0 radical (unpaired) electrons. The Bertz CT molecular complexity index is 1360. The molecule has 0 saturated heterocycles. The van der Waals surface area contributed by atoms with Gasteiger partial charge in [0.25, 0.3) is 0 Å². The molecule has 0 saturated carbocycles. The minimum Gasteiger partial charge on any atom is -0.423 e. The molecule has 0 spiro atoms. The van der Waals surface area contributed by atoms with E-state index in [9.17, 15) is 14.4 Å². The van der Waals surface area contributed by atoms with Crippen molar-refractivity contribution in [3.05, 3.63) is 103 Å². The van der Waals surface area contributed by atoms with Crippen molar-refractivity contribution in [2.45, 2.75) is 20.8 Å². The van der Waals surface area contributed by atoms with E-state index in [-0.39, 0.29) is 22.6 Å². The summed E-state index contributed by atoms with van der Waals surface area (Å²) in [6.07, 6.45) is 0. The Morgan fingerprint density at radius 1 is 0.528 bits per heavy atom. The number of rotatable bonds is 8. The van der Waals surface area contributed by atoms with E-state index in [2.05, 4.69) is 19.7 Å². The van der Waals surface area contributed by atoms with Gasteiger partial charge in [0, 0.05) is 28.3 Å². The van der Waals surface area contributed by atoms with Crippen LogP contribution >= 0.6 is 0 Å². The van der Waals surface area contributed by atoms with Crippen LogP contribution in [0.15, 0.2) is 103 Å². The van der Waals surface area contributed by atoms with E-state index >= 15 is 0 Å². The molecule has 3 aromatic carbocycles. The lowest BCUT2D eigenvalue weighted by molar-refractivity contribution is -0.131. The van der Waals surface area contributed by atoms with Crippen LogP contribution in [0.3, 0.4) is 0 Å². The Kier molecular flexibility index (Phi) is 8.02. The Hall–Kier alpha value is -4.71. The topological polar surface area (TPSA) is 78.9 Å². The largest absolute Gasteiger partial charge is 0.423 e. The molecule has 0 unspecified atom stereocenters. The van der Waals surface area contributed by atoms with E-state index in [4.69, 9.17) is 14.2 Å². The summed E-state index contributed by atoms with van der Waals surface area (Å²) >= 11 is 0. The van der Waals surface area contributed by atoms with Crippen molar-refractivity contribution in [2.75, 3.05) is 0 Å². The second-order valence-electron chi connectivity index (χ2n) is 8.27. The van der Waals surface area contributed by atoms with Crippen molar-refractivity contribution >= 4 is 17.9 Å². The summed E-state index contributed by atoms with van der Waals surface area (Å²) < 4.78 is 16.0. The molecule has 0 fully saturated rings. The average Bonchev–Trinajstić information content (AvgIpc) is 2.84.